The van der Waals surface area contributed by atoms with Crippen molar-refractivity contribution in [2.45, 2.75) is 32.7 Å². The van der Waals surface area contributed by atoms with E-state index in [1.54, 1.807) is 4.90 Å². The summed E-state index contributed by atoms with van der Waals surface area (Å²) in [7, 11) is 1.36. The number of benzene rings is 1. The highest BCUT2D eigenvalue weighted by molar-refractivity contribution is 6.02. The molecule has 0 aromatic heterocycles. The Bertz CT molecular complexity index is 522. The smallest absolute Gasteiger partial charge is 0.311 e. The molecule has 2 rings (SSSR count). The number of esters is 1. The summed E-state index contributed by atoms with van der Waals surface area (Å²) in [5.41, 5.74) is 1.31. The van der Waals surface area contributed by atoms with E-state index in [9.17, 15) is 9.59 Å². The molecule has 0 aliphatic carbocycles. The molecule has 0 saturated carbocycles. The van der Waals surface area contributed by atoms with Crippen LogP contribution in [0.1, 0.15) is 25.8 Å². The van der Waals surface area contributed by atoms with Gasteiger partial charge in [0.05, 0.1) is 18.6 Å². The molecule has 1 fully saturated rings. The number of aryl methyl sites for hydroxylation is 1. The molecule has 1 heterocycles. The zero-order valence-electron chi connectivity index (χ0n) is 11.8. The van der Waals surface area contributed by atoms with Crippen molar-refractivity contribution in [1.82, 2.24) is 0 Å². The summed E-state index contributed by atoms with van der Waals surface area (Å²) in [6.07, 6.45) is 0.202. The molecule has 102 valence electrons. The van der Waals surface area contributed by atoms with E-state index in [2.05, 4.69) is 0 Å². The average Bonchev–Trinajstić information content (AvgIpc) is 2.60. The Morgan fingerprint density at radius 1 is 1.37 bits per heavy atom. The number of hydrogen-bond acceptors (Lipinski definition) is 3. The molecule has 4 heteroatoms. The van der Waals surface area contributed by atoms with Crippen LogP contribution < -0.4 is 4.90 Å². The lowest BCUT2D eigenvalue weighted by Gasteiger charge is -2.35. The van der Waals surface area contributed by atoms with E-state index in [1.807, 2.05) is 45.0 Å². The molecule has 1 saturated heterocycles. The van der Waals surface area contributed by atoms with Gasteiger partial charge in [0.25, 0.3) is 0 Å². The van der Waals surface area contributed by atoms with Crippen LogP contribution in [-0.2, 0) is 14.3 Å². The predicted molar refractivity (Wildman–Crippen MR) is 72.9 cm³/mol. The third-order valence-corrected chi connectivity index (χ3v) is 3.90. The highest BCUT2D eigenvalue weighted by atomic mass is 16.5. The minimum absolute atomic E-state index is 0.0327. The molecular weight excluding hydrogens is 242 g/mol. The summed E-state index contributed by atoms with van der Waals surface area (Å²) in [5.74, 6) is -0.784. The number of rotatable bonds is 2. The monoisotopic (exact) mass is 261 g/mol. The van der Waals surface area contributed by atoms with Crippen LogP contribution in [0.15, 0.2) is 24.3 Å². The molecule has 0 N–H and O–H groups in total. The quantitative estimate of drug-likeness (QED) is 0.767. The van der Waals surface area contributed by atoms with Crippen molar-refractivity contribution in [3.05, 3.63) is 29.8 Å². The minimum atomic E-state index is -0.573. The molecule has 1 aromatic rings. The van der Waals surface area contributed by atoms with Crippen LogP contribution in [0.4, 0.5) is 5.69 Å². The Balaban J connectivity index is 2.45. The number of anilines is 1. The van der Waals surface area contributed by atoms with Gasteiger partial charge in [-0.1, -0.05) is 18.2 Å². The number of nitrogens with zero attached hydrogens (tertiary/aromatic N) is 1. The van der Waals surface area contributed by atoms with Gasteiger partial charge in [-0.25, -0.2) is 0 Å². The van der Waals surface area contributed by atoms with Gasteiger partial charge < -0.3 is 9.64 Å². The molecule has 19 heavy (non-hydrogen) atoms. The van der Waals surface area contributed by atoms with Gasteiger partial charge in [0.1, 0.15) is 0 Å². The molecule has 1 atom stereocenters. The van der Waals surface area contributed by atoms with E-state index >= 15 is 0 Å². The van der Waals surface area contributed by atoms with Gasteiger partial charge in [0, 0.05) is 12.1 Å². The molecule has 1 aromatic carbocycles. The summed E-state index contributed by atoms with van der Waals surface area (Å²) >= 11 is 0. The normalized spacial score (nSPS) is 21.6. The molecule has 1 amide bonds. The Morgan fingerprint density at radius 3 is 2.58 bits per heavy atom. The average molecular weight is 261 g/mol. The van der Waals surface area contributed by atoms with Crippen LogP contribution in [0.5, 0.6) is 0 Å². The molecule has 1 aliphatic heterocycles. The molecule has 0 radical (unpaired) electrons. The zero-order valence-corrected chi connectivity index (χ0v) is 11.8. The van der Waals surface area contributed by atoms with Gasteiger partial charge in [0.2, 0.25) is 5.91 Å². The van der Waals surface area contributed by atoms with Crippen molar-refractivity contribution in [1.29, 1.82) is 0 Å². The van der Waals surface area contributed by atoms with Crippen molar-refractivity contribution in [2.75, 3.05) is 12.0 Å². The topological polar surface area (TPSA) is 46.6 Å². The van der Waals surface area contributed by atoms with Crippen LogP contribution in [0.2, 0.25) is 0 Å². The molecule has 1 unspecified atom stereocenters. The van der Waals surface area contributed by atoms with Crippen molar-refractivity contribution in [2.24, 2.45) is 5.92 Å². The van der Waals surface area contributed by atoms with Crippen molar-refractivity contribution < 1.29 is 14.3 Å². The SMILES string of the molecule is COC(=O)C1CC(=O)N(c2ccccc2C)C1(C)C. The molecule has 1 aliphatic rings. The van der Waals surface area contributed by atoms with Gasteiger partial charge in [-0.15, -0.1) is 0 Å². The van der Waals surface area contributed by atoms with E-state index in [1.165, 1.54) is 7.11 Å². The summed E-state index contributed by atoms with van der Waals surface area (Å²) in [6, 6.07) is 7.71. The van der Waals surface area contributed by atoms with Gasteiger partial charge >= 0.3 is 5.97 Å². The van der Waals surface area contributed by atoms with Crippen molar-refractivity contribution in [3.63, 3.8) is 0 Å². The molecular formula is C15H19NO3. The second kappa shape index (κ2) is 4.68. The fourth-order valence-corrected chi connectivity index (χ4v) is 2.77. The summed E-state index contributed by atoms with van der Waals surface area (Å²) < 4.78 is 4.81. The van der Waals surface area contributed by atoms with Crippen LogP contribution in [0, 0.1) is 12.8 Å². The first kappa shape index (κ1) is 13.6. The minimum Gasteiger partial charge on any atom is -0.469 e. The second-order valence-electron chi connectivity index (χ2n) is 5.45. The third kappa shape index (κ3) is 2.11. The van der Waals surface area contributed by atoms with E-state index in [0.29, 0.717) is 0 Å². The van der Waals surface area contributed by atoms with E-state index in [-0.39, 0.29) is 18.3 Å². The van der Waals surface area contributed by atoms with Gasteiger partial charge in [-0.05, 0) is 32.4 Å². The zero-order chi connectivity index (χ0) is 14.2. The summed E-state index contributed by atoms with van der Waals surface area (Å²) in [6.45, 7) is 5.78. The molecule has 0 bridgehead atoms. The predicted octanol–water partition coefficient (Wildman–Crippen LogP) is 2.30. The first-order chi connectivity index (χ1) is 8.89. The van der Waals surface area contributed by atoms with Crippen molar-refractivity contribution >= 4 is 17.6 Å². The number of amides is 1. The summed E-state index contributed by atoms with van der Waals surface area (Å²) in [4.78, 5) is 25.9. The number of methoxy groups -OCH3 is 1. The third-order valence-electron chi connectivity index (χ3n) is 3.90. The van der Waals surface area contributed by atoms with Crippen LogP contribution in [0.25, 0.3) is 0 Å². The summed E-state index contributed by atoms with van der Waals surface area (Å²) in [5, 5.41) is 0. The number of carbonyl (C=O) groups excluding carboxylic acids is 2. The Labute approximate surface area is 113 Å². The van der Waals surface area contributed by atoms with Gasteiger partial charge in [0.15, 0.2) is 0 Å². The van der Waals surface area contributed by atoms with Gasteiger partial charge in [-0.3, -0.25) is 9.59 Å². The lowest BCUT2D eigenvalue weighted by atomic mass is 9.88. The fourth-order valence-electron chi connectivity index (χ4n) is 2.77. The van der Waals surface area contributed by atoms with E-state index in [4.69, 9.17) is 4.74 Å². The lowest BCUT2D eigenvalue weighted by molar-refractivity contribution is -0.147. The highest BCUT2D eigenvalue weighted by Gasteiger charge is 2.51. The number of para-hydroxylation sites is 1. The fraction of sp³-hybridized carbons (Fsp3) is 0.467. The van der Waals surface area contributed by atoms with E-state index in [0.717, 1.165) is 11.3 Å². The maximum atomic E-state index is 12.3. The Kier molecular flexibility index (Phi) is 3.35. The molecule has 0 spiro atoms. The molecule has 4 nitrogen and oxygen atoms in total. The number of carbonyl (C=O) groups is 2. The number of ether oxygens (including phenoxy) is 1. The number of hydrogen-bond donors (Lipinski definition) is 0. The second-order valence-corrected chi connectivity index (χ2v) is 5.45. The lowest BCUT2D eigenvalue weighted by Crippen LogP contribution is -2.47. The van der Waals surface area contributed by atoms with Crippen LogP contribution in [-0.4, -0.2) is 24.5 Å². The standard InChI is InChI=1S/C15H19NO3/c1-10-7-5-6-8-12(10)16-13(17)9-11(14(18)19-4)15(16,2)3/h5-8,11H,9H2,1-4H3. The maximum Gasteiger partial charge on any atom is 0.311 e. The first-order valence-electron chi connectivity index (χ1n) is 6.36. The Hall–Kier alpha value is -1.84. The van der Waals surface area contributed by atoms with Crippen molar-refractivity contribution in [3.8, 4) is 0 Å². The van der Waals surface area contributed by atoms with Gasteiger partial charge in [-0.2, -0.15) is 0 Å². The Morgan fingerprint density at radius 2 is 2.00 bits per heavy atom. The van der Waals surface area contributed by atoms with Crippen LogP contribution in [0.3, 0.4) is 0 Å². The van der Waals surface area contributed by atoms with E-state index < -0.39 is 11.5 Å². The first-order valence-corrected chi connectivity index (χ1v) is 6.36. The maximum absolute atomic E-state index is 12.3. The largest absolute Gasteiger partial charge is 0.469 e. The highest BCUT2D eigenvalue weighted by Crippen LogP contribution is 2.40. The van der Waals surface area contributed by atoms with Crippen LogP contribution >= 0.6 is 0 Å².